The first-order valence-corrected chi connectivity index (χ1v) is 4.76. The molecule has 1 N–H and O–H groups in total. The summed E-state index contributed by atoms with van der Waals surface area (Å²) in [5.74, 6) is 0.0740. The fourth-order valence-electron chi connectivity index (χ4n) is 1.48. The fraction of sp³-hybridized carbons (Fsp3) is 0. The van der Waals surface area contributed by atoms with Crippen molar-refractivity contribution in [2.24, 2.45) is 0 Å². The maximum atomic E-state index is 11.4. The van der Waals surface area contributed by atoms with E-state index in [1.807, 2.05) is 11.1 Å². The minimum atomic E-state index is -0.727. The number of H-pyrrole nitrogens is 1. The molecule has 17 heavy (non-hydrogen) atoms. The molecule has 1 aromatic carbocycles. The molecule has 0 aliphatic carbocycles. The summed E-state index contributed by atoms with van der Waals surface area (Å²) < 4.78 is 2.24. The maximum absolute atomic E-state index is 11.4. The van der Waals surface area contributed by atoms with Crippen LogP contribution in [0.5, 0.6) is 0 Å². The van der Waals surface area contributed by atoms with Gasteiger partial charge in [-0.05, 0) is 22.6 Å². The summed E-state index contributed by atoms with van der Waals surface area (Å²) in [4.78, 5) is 28.2. The third kappa shape index (κ3) is 1.42. The molecule has 2 aromatic heterocycles. The van der Waals surface area contributed by atoms with Gasteiger partial charge >= 0.3 is 11.4 Å². The summed E-state index contributed by atoms with van der Waals surface area (Å²) in [6, 6.07) is 8.98. The lowest BCUT2D eigenvalue weighted by atomic mass is 10.3. The molecule has 0 bridgehead atoms. The van der Waals surface area contributed by atoms with E-state index in [1.165, 1.54) is 4.68 Å². The van der Waals surface area contributed by atoms with Crippen LogP contribution in [0.3, 0.4) is 0 Å². The fourth-order valence-corrected chi connectivity index (χ4v) is 1.48. The molecule has 0 spiro atoms. The van der Waals surface area contributed by atoms with E-state index in [4.69, 9.17) is 0 Å². The highest BCUT2D eigenvalue weighted by Gasteiger charge is 2.09. The zero-order valence-electron chi connectivity index (χ0n) is 8.44. The molecule has 0 aliphatic rings. The van der Waals surface area contributed by atoms with Crippen LogP contribution in [0, 0.1) is 0 Å². The number of aromatic nitrogens is 6. The normalized spacial score (nSPS) is 10.8. The van der Waals surface area contributed by atoms with E-state index in [-0.39, 0.29) is 5.78 Å². The summed E-state index contributed by atoms with van der Waals surface area (Å²) in [6.07, 6.45) is 0. The predicted molar refractivity (Wildman–Crippen MR) is 57.0 cm³/mol. The highest BCUT2D eigenvalue weighted by Crippen LogP contribution is 2.05. The van der Waals surface area contributed by atoms with E-state index in [1.54, 1.807) is 24.3 Å². The van der Waals surface area contributed by atoms with Crippen LogP contribution >= 0.6 is 0 Å². The Labute approximate surface area is 93.1 Å². The Morgan fingerprint density at radius 3 is 2.59 bits per heavy atom. The van der Waals surface area contributed by atoms with Gasteiger partial charge in [0.25, 0.3) is 5.78 Å². The number of hydrogen-bond donors (Lipinski definition) is 1. The second-order valence-electron chi connectivity index (χ2n) is 3.29. The molecule has 0 saturated heterocycles. The molecule has 3 aromatic rings. The largest absolute Gasteiger partial charge is 0.354 e. The molecule has 8 heteroatoms. The highest BCUT2D eigenvalue weighted by atomic mass is 16.2. The second kappa shape index (κ2) is 3.37. The van der Waals surface area contributed by atoms with Crippen molar-refractivity contribution in [1.29, 1.82) is 0 Å². The van der Waals surface area contributed by atoms with Gasteiger partial charge in [-0.15, -0.1) is 4.52 Å². The Morgan fingerprint density at radius 1 is 1.06 bits per heavy atom. The minimum Gasteiger partial charge on any atom is -0.256 e. The monoisotopic (exact) mass is 230 g/mol. The molecule has 0 amide bonds. The van der Waals surface area contributed by atoms with Gasteiger partial charge in [0, 0.05) is 0 Å². The Morgan fingerprint density at radius 2 is 1.82 bits per heavy atom. The van der Waals surface area contributed by atoms with Gasteiger partial charge in [0.05, 0.1) is 5.69 Å². The van der Waals surface area contributed by atoms with E-state index in [0.29, 0.717) is 5.69 Å². The number of benzene rings is 1. The molecule has 0 aliphatic heterocycles. The number of tetrazole rings is 1. The van der Waals surface area contributed by atoms with E-state index >= 15 is 0 Å². The molecule has 0 fully saturated rings. The molecule has 0 unspecified atom stereocenters. The lowest BCUT2D eigenvalue weighted by Crippen LogP contribution is -2.28. The second-order valence-corrected chi connectivity index (χ2v) is 3.29. The molecule has 2 heterocycles. The molecule has 84 valence electrons. The Bertz CT molecular complexity index is 784. The number of fused-ring (bicyclic) bond motifs is 1. The predicted octanol–water partition coefficient (Wildman–Crippen LogP) is -1.04. The molecular formula is C9H6N6O2. The quantitative estimate of drug-likeness (QED) is 0.576. The number of aromatic amines is 1. The number of para-hydroxylation sites is 1. The molecule has 0 atom stereocenters. The highest BCUT2D eigenvalue weighted by molar-refractivity contribution is 5.39. The van der Waals surface area contributed by atoms with Gasteiger partial charge in [-0.1, -0.05) is 18.2 Å². The lowest BCUT2D eigenvalue weighted by molar-refractivity contribution is 0.746. The first-order valence-electron chi connectivity index (χ1n) is 4.76. The summed E-state index contributed by atoms with van der Waals surface area (Å²) >= 11 is 0. The number of nitrogens with one attached hydrogen (secondary N) is 1. The number of nitrogens with zero attached hydrogens (tertiary/aromatic N) is 5. The summed E-state index contributed by atoms with van der Waals surface area (Å²) in [5.41, 5.74) is -0.725. The average Bonchev–Trinajstić information content (AvgIpc) is 2.74. The van der Waals surface area contributed by atoms with Crippen molar-refractivity contribution in [2.45, 2.75) is 0 Å². The molecule has 8 nitrogen and oxygen atoms in total. The molecular weight excluding hydrogens is 224 g/mol. The Hall–Kier alpha value is -2.77. The van der Waals surface area contributed by atoms with Crippen LogP contribution in [0.25, 0.3) is 11.5 Å². The molecule has 0 radical (unpaired) electrons. The van der Waals surface area contributed by atoms with Crippen molar-refractivity contribution in [3.8, 4) is 5.69 Å². The van der Waals surface area contributed by atoms with E-state index in [2.05, 4.69) is 15.4 Å². The number of rotatable bonds is 1. The maximum Gasteiger partial charge on any atom is 0.354 e. The van der Waals surface area contributed by atoms with Gasteiger partial charge in [-0.2, -0.15) is 9.67 Å². The van der Waals surface area contributed by atoms with Gasteiger partial charge in [0.1, 0.15) is 0 Å². The first kappa shape index (κ1) is 9.46. The first-order chi connectivity index (χ1) is 8.25. The third-order valence-corrected chi connectivity index (χ3v) is 2.21. The smallest absolute Gasteiger partial charge is 0.256 e. The van der Waals surface area contributed by atoms with Gasteiger partial charge in [0.15, 0.2) is 0 Å². The van der Waals surface area contributed by atoms with Crippen LogP contribution in [0.2, 0.25) is 0 Å². The lowest BCUT2D eigenvalue weighted by Gasteiger charge is -1.98. The van der Waals surface area contributed by atoms with E-state index in [0.717, 1.165) is 4.52 Å². The van der Waals surface area contributed by atoms with E-state index in [9.17, 15) is 9.59 Å². The Balaban J connectivity index is 2.40. The van der Waals surface area contributed by atoms with Gasteiger partial charge < -0.3 is 0 Å². The summed E-state index contributed by atoms with van der Waals surface area (Å²) in [7, 11) is 0. The zero-order valence-corrected chi connectivity index (χ0v) is 8.44. The minimum absolute atomic E-state index is 0.0740. The van der Waals surface area contributed by atoms with Crippen LogP contribution in [-0.2, 0) is 0 Å². The summed E-state index contributed by atoms with van der Waals surface area (Å²) in [6.45, 7) is 0. The van der Waals surface area contributed by atoms with Crippen molar-refractivity contribution < 1.29 is 0 Å². The number of hydrogen-bond acceptors (Lipinski definition) is 5. The van der Waals surface area contributed by atoms with Gasteiger partial charge in [-0.25, -0.2) is 9.59 Å². The summed E-state index contributed by atoms with van der Waals surface area (Å²) in [5, 5.41) is 7.40. The third-order valence-electron chi connectivity index (χ3n) is 2.21. The van der Waals surface area contributed by atoms with E-state index < -0.39 is 11.4 Å². The van der Waals surface area contributed by atoms with Crippen LogP contribution in [0.1, 0.15) is 0 Å². The SMILES string of the molecule is O=c1nc2n(-c3ccccc3)nnn2c(=O)[nH]1. The molecule has 3 rings (SSSR count). The van der Waals surface area contributed by atoms with Crippen molar-refractivity contribution >= 4 is 5.78 Å². The topological polar surface area (TPSA) is 97.9 Å². The van der Waals surface area contributed by atoms with Crippen LogP contribution in [0.4, 0.5) is 0 Å². The van der Waals surface area contributed by atoms with Crippen LogP contribution < -0.4 is 11.4 Å². The van der Waals surface area contributed by atoms with Gasteiger partial charge in [-0.3, -0.25) is 4.98 Å². The van der Waals surface area contributed by atoms with Crippen LogP contribution in [0.15, 0.2) is 39.9 Å². The van der Waals surface area contributed by atoms with Crippen LogP contribution in [-0.4, -0.2) is 29.6 Å². The Kier molecular flexibility index (Phi) is 1.87. The van der Waals surface area contributed by atoms with Gasteiger partial charge in [0.2, 0.25) is 0 Å². The average molecular weight is 230 g/mol. The standard InChI is InChI=1S/C9H6N6O2/c16-7-10-8-14(6-4-2-1-3-5-6)12-13-15(8)9(17)11-7/h1-5H,(H,11,16,17). The van der Waals surface area contributed by atoms with Crippen molar-refractivity contribution in [3.63, 3.8) is 0 Å². The zero-order chi connectivity index (χ0) is 11.8. The van der Waals surface area contributed by atoms with Crippen molar-refractivity contribution in [1.82, 2.24) is 29.6 Å². The van der Waals surface area contributed by atoms with Crippen molar-refractivity contribution in [2.75, 3.05) is 0 Å². The molecule has 0 saturated carbocycles. The van der Waals surface area contributed by atoms with Crippen molar-refractivity contribution in [3.05, 3.63) is 51.3 Å².